The Morgan fingerprint density at radius 2 is 1.81 bits per heavy atom. The zero-order chi connectivity index (χ0) is 19.6. The van der Waals surface area contributed by atoms with Crippen LogP contribution >= 0.6 is 0 Å². The minimum atomic E-state index is -0.0536. The number of methoxy groups -OCH3 is 1. The van der Waals surface area contributed by atoms with Crippen molar-refractivity contribution in [3.8, 4) is 0 Å². The molecule has 0 spiro atoms. The number of piperidine rings is 1. The van der Waals surface area contributed by atoms with E-state index >= 15 is 0 Å². The van der Waals surface area contributed by atoms with Crippen LogP contribution in [-0.2, 0) is 14.3 Å². The molecule has 0 saturated carbocycles. The van der Waals surface area contributed by atoms with Gasteiger partial charge in [-0.2, -0.15) is 0 Å². The van der Waals surface area contributed by atoms with E-state index in [1.807, 2.05) is 6.92 Å². The lowest BCUT2D eigenvalue weighted by Crippen LogP contribution is -2.43. The highest BCUT2D eigenvalue weighted by molar-refractivity contribution is 5.96. The second kappa shape index (κ2) is 10.7. The minimum Gasteiger partial charge on any atom is -0.383 e. The van der Waals surface area contributed by atoms with Crippen molar-refractivity contribution in [2.75, 3.05) is 38.7 Å². The third kappa shape index (κ3) is 6.36. The Hall–Kier alpha value is -2.41. The van der Waals surface area contributed by atoms with E-state index in [9.17, 15) is 14.4 Å². The average Bonchev–Trinajstić information content (AvgIpc) is 2.68. The molecule has 1 aliphatic heterocycles. The SMILES string of the molecule is CCCC(=O)Nc1ccc(C(=O)N2CCC(C(=O)NCCOC)CC2)cc1. The molecule has 1 heterocycles. The summed E-state index contributed by atoms with van der Waals surface area (Å²) in [4.78, 5) is 38.1. The van der Waals surface area contributed by atoms with Crippen LogP contribution < -0.4 is 10.6 Å². The van der Waals surface area contributed by atoms with Crippen molar-refractivity contribution in [3.63, 3.8) is 0 Å². The fourth-order valence-electron chi connectivity index (χ4n) is 3.09. The number of rotatable bonds is 8. The van der Waals surface area contributed by atoms with E-state index in [4.69, 9.17) is 4.74 Å². The quantitative estimate of drug-likeness (QED) is 0.681. The summed E-state index contributed by atoms with van der Waals surface area (Å²) in [6, 6.07) is 6.95. The van der Waals surface area contributed by atoms with Gasteiger partial charge in [0, 0.05) is 50.3 Å². The topological polar surface area (TPSA) is 87.7 Å². The normalized spacial score (nSPS) is 14.7. The summed E-state index contributed by atoms with van der Waals surface area (Å²) >= 11 is 0. The van der Waals surface area contributed by atoms with Gasteiger partial charge < -0.3 is 20.3 Å². The van der Waals surface area contributed by atoms with Crippen LogP contribution in [0.2, 0.25) is 0 Å². The van der Waals surface area contributed by atoms with Crippen LogP contribution in [0.5, 0.6) is 0 Å². The molecule has 0 unspecified atom stereocenters. The van der Waals surface area contributed by atoms with Crippen LogP contribution in [0.15, 0.2) is 24.3 Å². The molecule has 1 aromatic carbocycles. The van der Waals surface area contributed by atoms with E-state index in [-0.39, 0.29) is 23.6 Å². The molecule has 0 aromatic heterocycles. The molecule has 1 aliphatic rings. The van der Waals surface area contributed by atoms with E-state index in [1.165, 1.54) is 0 Å². The number of carbonyl (C=O) groups excluding carboxylic acids is 3. The van der Waals surface area contributed by atoms with Crippen LogP contribution in [0.4, 0.5) is 5.69 Å². The van der Waals surface area contributed by atoms with Crippen LogP contribution in [0.25, 0.3) is 0 Å². The summed E-state index contributed by atoms with van der Waals surface area (Å²) in [6.07, 6.45) is 2.60. The predicted octanol–water partition coefficient (Wildman–Crippen LogP) is 2.04. The Labute approximate surface area is 160 Å². The van der Waals surface area contributed by atoms with Gasteiger partial charge in [0.1, 0.15) is 0 Å². The van der Waals surface area contributed by atoms with Crippen LogP contribution in [-0.4, -0.2) is 56.0 Å². The number of nitrogens with one attached hydrogen (secondary N) is 2. The van der Waals surface area contributed by atoms with Gasteiger partial charge in [-0.3, -0.25) is 14.4 Å². The number of ether oxygens (including phenoxy) is 1. The molecule has 1 aromatic rings. The number of benzene rings is 1. The maximum atomic E-state index is 12.6. The highest BCUT2D eigenvalue weighted by Crippen LogP contribution is 2.20. The molecule has 3 amide bonds. The van der Waals surface area contributed by atoms with Crippen molar-refractivity contribution in [1.82, 2.24) is 10.2 Å². The van der Waals surface area contributed by atoms with E-state index in [1.54, 1.807) is 36.3 Å². The molecular weight excluding hydrogens is 346 g/mol. The van der Waals surface area contributed by atoms with Gasteiger partial charge in [0.15, 0.2) is 0 Å². The summed E-state index contributed by atoms with van der Waals surface area (Å²) in [6.45, 7) is 4.09. The van der Waals surface area contributed by atoms with Gasteiger partial charge in [0.2, 0.25) is 11.8 Å². The molecule has 2 rings (SSSR count). The molecule has 7 heteroatoms. The standard InChI is InChI=1S/C20H29N3O4/c1-3-4-18(24)22-17-7-5-16(6-8-17)20(26)23-12-9-15(10-13-23)19(25)21-11-14-27-2/h5-8,15H,3-4,9-14H2,1-2H3,(H,21,25)(H,22,24). The van der Waals surface area contributed by atoms with Gasteiger partial charge in [-0.05, 0) is 43.5 Å². The van der Waals surface area contributed by atoms with Crippen LogP contribution in [0.1, 0.15) is 43.0 Å². The van der Waals surface area contributed by atoms with Crippen LogP contribution in [0.3, 0.4) is 0 Å². The Balaban J connectivity index is 1.83. The number of hydrogen-bond acceptors (Lipinski definition) is 4. The van der Waals surface area contributed by atoms with Gasteiger partial charge in [0.25, 0.3) is 5.91 Å². The molecule has 1 fully saturated rings. The highest BCUT2D eigenvalue weighted by Gasteiger charge is 2.27. The molecule has 2 N–H and O–H groups in total. The van der Waals surface area contributed by atoms with E-state index in [2.05, 4.69) is 10.6 Å². The summed E-state index contributed by atoms with van der Waals surface area (Å²) in [5.74, 6) is -0.0875. The van der Waals surface area contributed by atoms with Crippen molar-refractivity contribution in [1.29, 1.82) is 0 Å². The van der Waals surface area contributed by atoms with Gasteiger partial charge in [-0.25, -0.2) is 0 Å². The summed E-state index contributed by atoms with van der Waals surface area (Å²) < 4.78 is 4.93. The lowest BCUT2D eigenvalue weighted by atomic mass is 9.95. The number of anilines is 1. The van der Waals surface area contributed by atoms with Crippen molar-refractivity contribution in [2.45, 2.75) is 32.6 Å². The van der Waals surface area contributed by atoms with Crippen molar-refractivity contribution < 1.29 is 19.1 Å². The lowest BCUT2D eigenvalue weighted by Gasteiger charge is -2.31. The first-order valence-electron chi connectivity index (χ1n) is 9.51. The summed E-state index contributed by atoms with van der Waals surface area (Å²) in [7, 11) is 1.60. The van der Waals surface area contributed by atoms with E-state index in [0.29, 0.717) is 56.8 Å². The van der Waals surface area contributed by atoms with Gasteiger partial charge in [-0.15, -0.1) is 0 Å². The molecule has 0 aliphatic carbocycles. The van der Waals surface area contributed by atoms with Crippen molar-refractivity contribution in [2.24, 2.45) is 5.92 Å². The van der Waals surface area contributed by atoms with E-state index in [0.717, 1.165) is 6.42 Å². The number of nitrogens with zero attached hydrogens (tertiary/aromatic N) is 1. The second-order valence-electron chi connectivity index (χ2n) is 6.73. The Bertz CT molecular complexity index is 637. The third-order valence-electron chi connectivity index (χ3n) is 4.65. The molecule has 0 radical (unpaired) electrons. The van der Waals surface area contributed by atoms with Gasteiger partial charge in [0.05, 0.1) is 6.61 Å². The monoisotopic (exact) mass is 375 g/mol. The highest BCUT2D eigenvalue weighted by atomic mass is 16.5. The summed E-state index contributed by atoms with van der Waals surface area (Å²) in [5, 5.41) is 5.67. The molecule has 0 bridgehead atoms. The zero-order valence-corrected chi connectivity index (χ0v) is 16.1. The van der Waals surface area contributed by atoms with Crippen molar-refractivity contribution >= 4 is 23.4 Å². The maximum Gasteiger partial charge on any atom is 0.253 e. The van der Waals surface area contributed by atoms with Crippen LogP contribution in [0, 0.1) is 5.92 Å². The third-order valence-corrected chi connectivity index (χ3v) is 4.65. The summed E-state index contributed by atoms with van der Waals surface area (Å²) in [5.41, 5.74) is 1.28. The Kier molecular flexibility index (Phi) is 8.26. The zero-order valence-electron chi connectivity index (χ0n) is 16.1. The predicted molar refractivity (Wildman–Crippen MR) is 103 cm³/mol. The number of likely N-dealkylation sites (tertiary alicyclic amines) is 1. The number of carbonyl (C=O) groups is 3. The number of amides is 3. The Morgan fingerprint density at radius 1 is 1.15 bits per heavy atom. The second-order valence-corrected chi connectivity index (χ2v) is 6.73. The lowest BCUT2D eigenvalue weighted by molar-refractivity contribution is -0.126. The first-order valence-corrected chi connectivity index (χ1v) is 9.51. The maximum absolute atomic E-state index is 12.6. The first kappa shape index (κ1) is 20.9. The first-order chi connectivity index (χ1) is 13.0. The molecule has 0 atom stereocenters. The molecule has 7 nitrogen and oxygen atoms in total. The van der Waals surface area contributed by atoms with E-state index < -0.39 is 0 Å². The Morgan fingerprint density at radius 3 is 2.41 bits per heavy atom. The minimum absolute atomic E-state index is 0.0255. The molecule has 27 heavy (non-hydrogen) atoms. The molecular formula is C20H29N3O4. The molecule has 1 saturated heterocycles. The fraction of sp³-hybridized carbons (Fsp3) is 0.550. The smallest absolute Gasteiger partial charge is 0.253 e. The van der Waals surface area contributed by atoms with Crippen molar-refractivity contribution in [3.05, 3.63) is 29.8 Å². The molecule has 148 valence electrons. The average molecular weight is 375 g/mol. The largest absolute Gasteiger partial charge is 0.383 e. The van der Waals surface area contributed by atoms with Gasteiger partial charge >= 0.3 is 0 Å². The number of hydrogen-bond donors (Lipinski definition) is 2. The van der Waals surface area contributed by atoms with Gasteiger partial charge in [-0.1, -0.05) is 6.92 Å². The fourth-order valence-corrected chi connectivity index (χ4v) is 3.09.